The fourth-order valence-electron chi connectivity index (χ4n) is 4.34. The van der Waals surface area contributed by atoms with Crippen LogP contribution in [0.3, 0.4) is 0 Å². The van der Waals surface area contributed by atoms with Crippen molar-refractivity contribution in [2.45, 2.75) is 39.3 Å². The van der Waals surface area contributed by atoms with Crippen LogP contribution < -0.4 is 5.56 Å². The van der Waals surface area contributed by atoms with Crippen molar-refractivity contribution in [1.82, 2.24) is 14.5 Å². The number of rotatable bonds is 5. The van der Waals surface area contributed by atoms with Crippen molar-refractivity contribution in [3.8, 4) is 17.0 Å². The van der Waals surface area contributed by atoms with Crippen LogP contribution in [0.25, 0.3) is 22.2 Å². The van der Waals surface area contributed by atoms with Gasteiger partial charge in [0.15, 0.2) is 5.56 Å². The molecule has 7 heteroatoms. The molecule has 4 rings (SSSR count). The van der Waals surface area contributed by atoms with E-state index in [0.717, 1.165) is 36.0 Å². The summed E-state index contributed by atoms with van der Waals surface area (Å²) in [5.74, 6) is -1.89. The van der Waals surface area contributed by atoms with Crippen molar-refractivity contribution in [3.63, 3.8) is 0 Å². The molecule has 0 radical (unpaired) electrons. The lowest BCUT2D eigenvalue weighted by Gasteiger charge is -2.21. The molecule has 0 amide bonds. The summed E-state index contributed by atoms with van der Waals surface area (Å²) >= 11 is 0. The molecule has 0 saturated heterocycles. The second-order valence-electron chi connectivity index (χ2n) is 7.64. The number of benzene rings is 1. The molecule has 1 aliphatic rings. The van der Waals surface area contributed by atoms with E-state index in [9.17, 15) is 19.8 Å². The third-order valence-electron chi connectivity index (χ3n) is 6.10. The second kappa shape index (κ2) is 7.08. The Kier molecular flexibility index (Phi) is 4.70. The van der Waals surface area contributed by atoms with Crippen molar-refractivity contribution >= 4 is 16.9 Å². The number of carboxylic acid groups (broad SMARTS) is 1. The van der Waals surface area contributed by atoms with Gasteiger partial charge in [0.1, 0.15) is 5.75 Å². The zero-order valence-corrected chi connectivity index (χ0v) is 16.8. The molecular weight excluding hydrogens is 370 g/mol. The summed E-state index contributed by atoms with van der Waals surface area (Å²) in [6.07, 6.45) is 1.39. The van der Waals surface area contributed by atoms with Gasteiger partial charge in [0, 0.05) is 41.3 Å². The van der Waals surface area contributed by atoms with Crippen LogP contribution in [0, 0.1) is 0 Å². The predicted octanol–water partition coefficient (Wildman–Crippen LogP) is 2.84. The van der Waals surface area contributed by atoms with E-state index >= 15 is 0 Å². The number of aromatic nitrogens is 2. The number of hydrogen-bond acceptors (Lipinski definition) is 4. The van der Waals surface area contributed by atoms with E-state index in [1.165, 1.54) is 5.69 Å². The number of pyridine rings is 1. The number of likely N-dealkylation sites (N-methyl/N-ethyl adjacent to an activating group) is 1. The van der Waals surface area contributed by atoms with Crippen LogP contribution in [-0.4, -0.2) is 50.3 Å². The summed E-state index contributed by atoms with van der Waals surface area (Å²) in [6.45, 7) is 5.88. The van der Waals surface area contributed by atoms with E-state index in [0.29, 0.717) is 23.7 Å². The van der Waals surface area contributed by atoms with Crippen molar-refractivity contribution in [3.05, 3.63) is 51.4 Å². The zero-order valence-electron chi connectivity index (χ0n) is 16.8. The molecule has 0 spiro atoms. The summed E-state index contributed by atoms with van der Waals surface area (Å²) in [6, 6.07) is 8.59. The zero-order chi connectivity index (χ0) is 20.9. The van der Waals surface area contributed by atoms with Gasteiger partial charge in [-0.15, -0.1) is 0 Å². The molecule has 1 aromatic carbocycles. The van der Waals surface area contributed by atoms with Crippen molar-refractivity contribution in [2.75, 3.05) is 13.6 Å². The Labute approximate surface area is 168 Å². The minimum Gasteiger partial charge on any atom is -0.506 e. The average Bonchev–Trinajstić information content (AvgIpc) is 3.24. The molecule has 2 aromatic heterocycles. The number of aromatic hydroxyl groups is 1. The van der Waals surface area contributed by atoms with Gasteiger partial charge >= 0.3 is 5.97 Å². The van der Waals surface area contributed by atoms with Gasteiger partial charge in [-0.2, -0.15) is 0 Å². The van der Waals surface area contributed by atoms with Gasteiger partial charge in [0.2, 0.25) is 0 Å². The molecule has 1 atom stereocenters. The molecule has 29 heavy (non-hydrogen) atoms. The third kappa shape index (κ3) is 3.02. The largest absolute Gasteiger partial charge is 0.506 e. The Morgan fingerprint density at radius 3 is 2.72 bits per heavy atom. The molecule has 1 aliphatic heterocycles. The van der Waals surface area contributed by atoms with Crippen LogP contribution in [0.5, 0.6) is 5.75 Å². The monoisotopic (exact) mass is 395 g/mol. The van der Waals surface area contributed by atoms with Gasteiger partial charge in [-0.05, 0) is 37.5 Å². The van der Waals surface area contributed by atoms with Crippen LogP contribution in [0.1, 0.15) is 35.5 Å². The lowest BCUT2D eigenvalue weighted by atomic mass is 9.99. The van der Waals surface area contributed by atoms with Gasteiger partial charge in [-0.3, -0.25) is 4.79 Å². The number of nitrogens with one attached hydrogen (secondary N) is 1. The van der Waals surface area contributed by atoms with Gasteiger partial charge < -0.3 is 24.7 Å². The SMILES string of the molecule is CCc1c(-c2ccc3cc4n(c3c2)CC(N(C)CC)C4)[nH]c(=O)c(C(=O)O)c1O. The topological polar surface area (TPSA) is 98.6 Å². The molecule has 0 saturated carbocycles. The van der Waals surface area contributed by atoms with E-state index in [4.69, 9.17) is 0 Å². The Balaban J connectivity index is 1.85. The first kappa shape index (κ1) is 19.3. The van der Waals surface area contributed by atoms with Gasteiger partial charge in [0.25, 0.3) is 5.56 Å². The van der Waals surface area contributed by atoms with Crippen molar-refractivity contribution < 1.29 is 15.0 Å². The van der Waals surface area contributed by atoms with E-state index < -0.39 is 22.8 Å². The fraction of sp³-hybridized carbons (Fsp3) is 0.364. The number of nitrogens with zero attached hydrogens (tertiary/aromatic N) is 2. The molecule has 3 N–H and O–H groups in total. The number of fused-ring (bicyclic) bond motifs is 3. The van der Waals surface area contributed by atoms with Crippen LogP contribution >= 0.6 is 0 Å². The Morgan fingerprint density at radius 1 is 1.31 bits per heavy atom. The molecular formula is C22H25N3O4. The molecule has 152 valence electrons. The maximum Gasteiger partial charge on any atom is 0.345 e. The molecule has 0 aliphatic carbocycles. The smallest absolute Gasteiger partial charge is 0.345 e. The number of carboxylic acids is 1. The lowest BCUT2D eigenvalue weighted by Crippen LogP contribution is -2.32. The van der Waals surface area contributed by atoms with Crippen LogP contribution in [0.15, 0.2) is 29.1 Å². The first-order valence-corrected chi connectivity index (χ1v) is 9.89. The molecule has 3 aromatic rings. The predicted molar refractivity (Wildman–Crippen MR) is 112 cm³/mol. The van der Waals surface area contributed by atoms with Crippen LogP contribution in [0.4, 0.5) is 0 Å². The lowest BCUT2D eigenvalue weighted by molar-refractivity contribution is 0.0691. The number of H-pyrrole nitrogens is 1. The average molecular weight is 395 g/mol. The molecule has 0 fully saturated rings. The summed E-state index contributed by atoms with van der Waals surface area (Å²) in [5.41, 5.74) is 2.61. The van der Waals surface area contributed by atoms with E-state index in [1.807, 2.05) is 25.1 Å². The van der Waals surface area contributed by atoms with E-state index in [-0.39, 0.29) is 0 Å². The van der Waals surface area contributed by atoms with Crippen LogP contribution in [-0.2, 0) is 19.4 Å². The Bertz CT molecular complexity index is 1170. The minimum atomic E-state index is -1.43. The summed E-state index contributed by atoms with van der Waals surface area (Å²) in [7, 11) is 2.13. The highest BCUT2D eigenvalue weighted by atomic mass is 16.4. The summed E-state index contributed by atoms with van der Waals surface area (Å²) in [5, 5.41) is 20.8. The molecule has 0 bridgehead atoms. The number of carbonyl (C=O) groups is 1. The first-order chi connectivity index (χ1) is 13.8. The maximum absolute atomic E-state index is 12.3. The quantitative estimate of drug-likeness (QED) is 0.617. The van der Waals surface area contributed by atoms with Gasteiger partial charge in [-0.1, -0.05) is 26.0 Å². The summed E-state index contributed by atoms with van der Waals surface area (Å²) < 4.78 is 2.31. The van der Waals surface area contributed by atoms with Crippen LogP contribution in [0.2, 0.25) is 0 Å². The first-order valence-electron chi connectivity index (χ1n) is 9.89. The highest BCUT2D eigenvalue weighted by molar-refractivity contribution is 5.92. The van der Waals surface area contributed by atoms with Gasteiger partial charge in [-0.25, -0.2) is 4.79 Å². The number of aromatic amines is 1. The molecule has 3 heterocycles. The van der Waals surface area contributed by atoms with E-state index in [1.54, 1.807) is 0 Å². The van der Waals surface area contributed by atoms with Gasteiger partial charge in [0.05, 0.1) is 5.69 Å². The third-order valence-corrected chi connectivity index (χ3v) is 6.10. The minimum absolute atomic E-state index is 0.395. The van der Waals surface area contributed by atoms with Crippen molar-refractivity contribution in [1.29, 1.82) is 0 Å². The normalized spacial score (nSPS) is 15.9. The van der Waals surface area contributed by atoms with E-state index in [2.05, 4.69) is 34.5 Å². The molecule has 7 nitrogen and oxygen atoms in total. The Morgan fingerprint density at radius 2 is 2.07 bits per heavy atom. The summed E-state index contributed by atoms with van der Waals surface area (Å²) in [4.78, 5) is 28.7. The molecule has 1 unspecified atom stereocenters. The number of hydrogen-bond donors (Lipinski definition) is 3. The fourth-order valence-corrected chi connectivity index (χ4v) is 4.34. The standard InChI is InChI=1S/C22H25N3O4/c1-4-16-19(23-21(27)18(20(16)26)22(28)29)13-7-6-12-8-14-10-15(24(3)5-2)11-25(14)17(12)9-13/h6-9,15H,4-5,10-11H2,1-3H3,(H,28,29)(H2,23,26,27). The number of aromatic carboxylic acids is 1. The second-order valence-corrected chi connectivity index (χ2v) is 7.64. The highest BCUT2D eigenvalue weighted by Gasteiger charge is 2.26. The van der Waals surface area contributed by atoms with Crippen molar-refractivity contribution in [2.24, 2.45) is 0 Å². The Hall–Kier alpha value is -3.06. The highest BCUT2D eigenvalue weighted by Crippen LogP contribution is 2.34. The maximum atomic E-state index is 12.3.